The number of thiazole rings is 1. The van der Waals surface area contributed by atoms with Crippen LogP contribution < -0.4 is 0 Å². The van der Waals surface area contributed by atoms with E-state index in [2.05, 4.69) is 89.4 Å². The van der Waals surface area contributed by atoms with Gasteiger partial charge in [0.15, 0.2) is 10.8 Å². The molecule has 0 fully saturated rings. The minimum atomic E-state index is 0.858. The molecule has 0 aliphatic heterocycles. The molecule has 5 heteroatoms. The summed E-state index contributed by atoms with van der Waals surface area (Å²) >= 11 is 6.41. The van der Waals surface area contributed by atoms with Crippen molar-refractivity contribution in [3.05, 3.63) is 48.6 Å². The van der Waals surface area contributed by atoms with Crippen LogP contribution in [0.1, 0.15) is 11.1 Å². The quantitative estimate of drug-likeness (QED) is 0.261. The van der Waals surface area contributed by atoms with Crippen molar-refractivity contribution in [2.24, 2.45) is 0 Å². The highest BCUT2D eigenvalue weighted by Crippen LogP contribution is 2.38. The monoisotopic (exact) mass is 531 g/mol. The second kappa shape index (κ2) is 5.45. The van der Waals surface area contributed by atoms with Crippen LogP contribution in [0.3, 0.4) is 0 Å². The highest BCUT2D eigenvalue weighted by atomic mass is 127. The van der Waals surface area contributed by atoms with E-state index in [1.807, 2.05) is 0 Å². The molecule has 0 unspecified atom stereocenters. The van der Waals surface area contributed by atoms with Gasteiger partial charge in [0.05, 0.1) is 10.2 Å². The smallest absolute Gasteiger partial charge is 0.164 e. The fourth-order valence-electron chi connectivity index (χ4n) is 2.64. The molecule has 0 bridgehead atoms. The number of benzene rings is 2. The van der Waals surface area contributed by atoms with Crippen LogP contribution in [0.25, 0.3) is 32.0 Å². The summed E-state index contributed by atoms with van der Waals surface area (Å²) in [6, 6.07) is 10.6. The summed E-state index contributed by atoms with van der Waals surface area (Å²) in [5.74, 6) is 0.858. The summed E-state index contributed by atoms with van der Waals surface area (Å²) in [4.78, 5) is 4.80. The van der Waals surface area contributed by atoms with Crippen LogP contribution in [0.5, 0.6) is 0 Å². The Bertz CT molecular complexity index is 993. The molecule has 4 rings (SSSR count). The van der Waals surface area contributed by atoms with E-state index < -0.39 is 0 Å². The molecule has 0 aliphatic rings. The third kappa shape index (κ3) is 2.37. The van der Waals surface area contributed by atoms with Crippen LogP contribution in [-0.2, 0) is 0 Å². The van der Waals surface area contributed by atoms with Crippen molar-refractivity contribution >= 4 is 77.7 Å². The first-order chi connectivity index (χ1) is 10.5. The second-order valence-electron chi connectivity index (χ2n) is 5.33. The average molecular weight is 531 g/mol. The van der Waals surface area contributed by atoms with E-state index in [0.717, 1.165) is 21.9 Å². The maximum atomic E-state index is 6.07. The van der Waals surface area contributed by atoms with Crippen LogP contribution in [-0.4, -0.2) is 4.98 Å². The molecule has 4 aromatic rings. The van der Waals surface area contributed by atoms with Crippen LogP contribution in [0, 0.1) is 21.0 Å². The third-order valence-electron chi connectivity index (χ3n) is 3.65. The second-order valence-corrected chi connectivity index (χ2v) is 8.65. The van der Waals surface area contributed by atoms with Gasteiger partial charge in [0.1, 0.15) is 5.58 Å². The fourth-order valence-corrected chi connectivity index (χ4v) is 5.11. The molecule has 0 saturated heterocycles. The topological polar surface area (TPSA) is 26.0 Å². The number of rotatable bonds is 1. The predicted octanol–water partition coefficient (Wildman–Crippen LogP) is 6.54. The first kappa shape index (κ1) is 14.9. The maximum absolute atomic E-state index is 6.07. The summed E-state index contributed by atoms with van der Waals surface area (Å²) in [6.07, 6.45) is 0. The highest BCUT2D eigenvalue weighted by molar-refractivity contribution is 14.1. The summed E-state index contributed by atoms with van der Waals surface area (Å²) < 4.78 is 9.72. The van der Waals surface area contributed by atoms with E-state index in [0.29, 0.717) is 0 Å². The Morgan fingerprint density at radius 1 is 1.05 bits per heavy atom. The SMILES string of the molecule is Cc1cc(C)c2cc(-c3nc4c(I)ccc(I)c4s3)oc2c1. The molecule has 0 amide bonds. The Morgan fingerprint density at radius 2 is 1.82 bits per heavy atom. The van der Waals surface area contributed by atoms with Crippen molar-refractivity contribution in [1.29, 1.82) is 0 Å². The van der Waals surface area contributed by atoms with Gasteiger partial charge >= 0.3 is 0 Å². The molecular weight excluding hydrogens is 520 g/mol. The van der Waals surface area contributed by atoms with Crippen molar-refractivity contribution in [3.63, 3.8) is 0 Å². The molecular formula is C17H11I2NOS. The number of aromatic nitrogens is 1. The number of nitrogens with zero attached hydrogens (tertiary/aromatic N) is 1. The minimum absolute atomic E-state index is 0.858. The molecule has 2 aromatic heterocycles. The van der Waals surface area contributed by atoms with Crippen LogP contribution in [0.4, 0.5) is 0 Å². The van der Waals surface area contributed by atoms with Crippen LogP contribution >= 0.6 is 56.5 Å². The Balaban J connectivity index is 1.97. The highest BCUT2D eigenvalue weighted by Gasteiger charge is 2.15. The zero-order valence-electron chi connectivity index (χ0n) is 11.9. The molecule has 110 valence electrons. The zero-order valence-corrected chi connectivity index (χ0v) is 17.0. The molecule has 0 spiro atoms. The van der Waals surface area contributed by atoms with E-state index in [-0.39, 0.29) is 0 Å². The maximum Gasteiger partial charge on any atom is 0.164 e. The van der Waals surface area contributed by atoms with E-state index in [4.69, 9.17) is 9.40 Å². The molecule has 2 heterocycles. The summed E-state index contributed by atoms with van der Waals surface area (Å²) in [6.45, 7) is 4.22. The number of fused-ring (bicyclic) bond motifs is 2. The van der Waals surface area contributed by atoms with Crippen LogP contribution in [0.2, 0.25) is 0 Å². The van der Waals surface area contributed by atoms with Gasteiger partial charge in [-0.15, -0.1) is 11.3 Å². The van der Waals surface area contributed by atoms with Crippen molar-refractivity contribution in [3.8, 4) is 10.8 Å². The largest absolute Gasteiger partial charge is 0.454 e. The molecule has 22 heavy (non-hydrogen) atoms. The minimum Gasteiger partial charge on any atom is -0.454 e. The van der Waals surface area contributed by atoms with E-state index in [9.17, 15) is 0 Å². The lowest BCUT2D eigenvalue weighted by Gasteiger charge is -1.96. The standard InChI is InChI=1S/C17H11I2NOS/c1-8-5-9(2)10-7-14(21-13(10)6-8)17-20-15-11(18)3-4-12(19)16(15)22-17/h3-7H,1-2H3. The van der Waals surface area contributed by atoms with Gasteiger partial charge in [-0.25, -0.2) is 4.98 Å². The van der Waals surface area contributed by atoms with Gasteiger partial charge in [-0.2, -0.15) is 0 Å². The normalized spacial score (nSPS) is 11.6. The molecule has 0 atom stereocenters. The van der Waals surface area contributed by atoms with Crippen LogP contribution in [0.15, 0.2) is 34.7 Å². The van der Waals surface area contributed by atoms with E-state index in [1.165, 1.54) is 28.4 Å². The van der Waals surface area contributed by atoms with Gasteiger partial charge in [0, 0.05) is 12.5 Å². The lowest BCUT2D eigenvalue weighted by molar-refractivity contribution is 0.630. The van der Waals surface area contributed by atoms with Gasteiger partial charge in [0.2, 0.25) is 0 Å². The van der Waals surface area contributed by atoms with Gasteiger partial charge in [-0.3, -0.25) is 0 Å². The number of hydrogen-bond acceptors (Lipinski definition) is 3. The van der Waals surface area contributed by atoms with Crippen molar-refractivity contribution in [2.75, 3.05) is 0 Å². The molecule has 0 radical (unpaired) electrons. The van der Waals surface area contributed by atoms with Gasteiger partial charge in [-0.05, 0) is 94.4 Å². The number of halogens is 2. The third-order valence-corrected chi connectivity index (χ3v) is 6.88. The number of furan rings is 1. The predicted molar refractivity (Wildman–Crippen MR) is 110 cm³/mol. The zero-order chi connectivity index (χ0) is 15.4. The first-order valence-corrected chi connectivity index (χ1v) is 9.76. The van der Waals surface area contributed by atoms with E-state index in [1.54, 1.807) is 11.3 Å². The molecule has 0 saturated carbocycles. The van der Waals surface area contributed by atoms with Crippen molar-refractivity contribution < 1.29 is 4.42 Å². The summed E-state index contributed by atoms with van der Waals surface area (Å²) in [5.41, 5.74) is 4.48. The number of aryl methyl sites for hydroxylation is 2. The Morgan fingerprint density at radius 3 is 2.59 bits per heavy atom. The molecule has 0 N–H and O–H groups in total. The fraction of sp³-hybridized carbons (Fsp3) is 0.118. The Labute approximate surface area is 159 Å². The lowest BCUT2D eigenvalue weighted by atomic mass is 10.1. The molecule has 2 nitrogen and oxygen atoms in total. The Hall–Kier alpha value is -0.670. The van der Waals surface area contributed by atoms with E-state index >= 15 is 0 Å². The Kier molecular flexibility index (Phi) is 3.69. The van der Waals surface area contributed by atoms with Crippen molar-refractivity contribution in [2.45, 2.75) is 13.8 Å². The van der Waals surface area contributed by atoms with Gasteiger partial charge in [-0.1, -0.05) is 6.07 Å². The molecule has 2 aromatic carbocycles. The summed E-state index contributed by atoms with van der Waals surface area (Å²) in [5, 5.41) is 2.12. The lowest BCUT2D eigenvalue weighted by Crippen LogP contribution is -1.78. The first-order valence-electron chi connectivity index (χ1n) is 6.78. The summed E-state index contributed by atoms with van der Waals surface area (Å²) in [7, 11) is 0. The van der Waals surface area contributed by atoms with Gasteiger partial charge < -0.3 is 4.42 Å². The van der Waals surface area contributed by atoms with Gasteiger partial charge in [0.25, 0.3) is 0 Å². The number of hydrogen-bond donors (Lipinski definition) is 0. The average Bonchev–Trinajstić information content (AvgIpc) is 3.07. The molecule has 0 aliphatic carbocycles. The van der Waals surface area contributed by atoms with Crippen molar-refractivity contribution in [1.82, 2.24) is 4.98 Å².